The number of anilines is 1. The highest BCUT2D eigenvalue weighted by Crippen LogP contribution is 2.26. The van der Waals surface area contributed by atoms with E-state index in [2.05, 4.69) is 38.6 Å². The number of nitrogens with two attached hydrogens (primary N) is 1. The van der Waals surface area contributed by atoms with E-state index in [0.717, 1.165) is 49.2 Å². The van der Waals surface area contributed by atoms with Gasteiger partial charge in [0.2, 0.25) is 0 Å². The van der Waals surface area contributed by atoms with Crippen LogP contribution in [0.2, 0.25) is 5.02 Å². The second kappa shape index (κ2) is 8.33. The molecule has 2 heterocycles. The Balaban J connectivity index is 1.51. The molecule has 0 saturated carbocycles. The summed E-state index contributed by atoms with van der Waals surface area (Å²) in [5.41, 5.74) is 8.91. The zero-order valence-corrected chi connectivity index (χ0v) is 15.3. The number of piperazine rings is 1. The van der Waals surface area contributed by atoms with Crippen LogP contribution in [0.15, 0.2) is 45.9 Å². The molecule has 1 aliphatic rings. The topological polar surface area (TPSA) is 70.0 Å². The standard InChI is InChI=1S/C17H20ClN5OS/c18-15-3-1-2-4-16(15)23-9-7-22(8-10-23)12-14-6-5-13(24-14)11-20-21-17(19)25/h1-6,11H,7-10,12H2,(H3,19,21,25)/b20-11+. The number of furan rings is 1. The summed E-state index contributed by atoms with van der Waals surface area (Å²) in [6, 6.07) is 11.8. The molecule has 3 N–H and O–H groups in total. The molecule has 132 valence electrons. The third kappa shape index (κ3) is 4.94. The van der Waals surface area contributed by atoms with E-state index in [-0.39, 0.29) is 5.11 Å². The molecule has 0 unspecified atom stereocenters. The summed E-state index contributed by atoms with van der Waals surface area (Å²) < 4.78 is 5.75. The predicted molar refractivity (Wildman–Crippen MR) is 105 cm³/mol. The van der Waals surface area contributed by atoms with Crippen LogP contribution in [0.25, 0.3) is 0 Å². The summed E-state index contributed by atoms with van der Waals surface area (Å²) in [4.78, 5) is 4.68. The lowest BCUT2D eigenvalue weighted by atomic mass is 10.2. The van der Waals surface area contributed by atoms with Crippen molar-refractivity contribution in [3.63, 3.8) is 0 Å². The zero-order chi connectivity index (χ0) is 17.6. The lowest BCUT2D eigenvalue weighted by Crippen LogP contribution is -2.46. The summed E-state index contributed by atoms with van der Waals surface area (Å²) in [5.74, 6) is 1.57. The molecule has 25 heavy (non-hydrogen) atoms. The Kier molecular flexibility index (Phi) is 5.91. The van der Waals surface area contributed by atoms with Crippen molar-refractivity contribution >= 4 is 40.8 Å². The van der Waals surface area contributed by atoms with Gasteiger partial charge in [-0.2, -0.15) is 5.10 Å². The third-order valence-electron chi connectivity index (χ3n) is 3.99. The molecule has 0 spiro atoms. The molecule has 2 aromatic rings. The van der Waals surface area contributed by atoms with Crippen molar-refractivity contribution < 1.29 is 4.42 Å². The molecular formula is C17H20ClN5OS. The third-order valence-corrected chi connectivity index (χ3v) is 4.40. The van der Waals surface area contributed by atoms with Crippen LogP contribution in [0.4, 0.5) is 5.69 Å². The summed E-state index contributed by atoms with van der Waals surface area (Å²) in [7, 11) is 0. The van der Waals surface area contributed by atoms with Crippen molar-refractivity contribution in [1.29, 1.82) is 0 Å². The molecule has 1 aromatic carbocycles. The van der Waals surface area contributed by atoms with E-state index in [9.17, 15) is 0 Å². The number of hydrogen-bond donors (Lipinski definition) is 2. The van der Waals surface area contributed by atoms with E-state index in [1.165, 1.54) is 0 Å². The first kappa shape index (κ1) is 17.7. The molecular weight excluding hydrogens is 358 g/mol. The Labute approximate surface area is 157 Å². The number of thiocarbonyl (C=S) groups is 1. The number of rotatable bonds is 5. The maximum atomic E-state index is 6.28. The number of nitrogens with one attached hydrogen (secondary N) is 1. The first-order valence-electron chi connectivity index (χ1n) is 8.01. The lowest BCUT2D eigenvalue weighted by Gasteiger charge is -2.36. The van der Waals surface area contributed by atoms with Gasteiger partial charge in [-0.3, -0.25) is 10.3 Å². The van der Waals surface area contributed by atoms with Gasteiger partial charge in [0.25, 0.3) is 0 Å². The zero-order valence-electron chi connectivity index (χ0n) is 13.7. The van der Waals surface area contributed by atoms with Gasteiger partial charge >= 0.3 is 0 Å². The van der Waals surface area contributed by atoms with Crippen molar-refractivity contribution in [2.24, 2.45) is 10.8 Å². The van der Waals surface area contributed by atoms with E-state index in [4.69, 9.17) is 21.8 Å². The normalized spacial score (nSPS) is 15.6. The van der Waals surface area contributed by atoms with Crippen molar-refractivity contribution in [3.05, 3.63) is 52.9 Å². The Morgan fingerprint density at radius 3 is 2.72 bits per heavy atom. The quantitative estimate of drug-likeness (QED) is 0.474. The summed E-state index contributed by atoms with van der Waals surface area (Å²) in [6.07, 6.45) is 1.55. The molecule has 1 aromatic heterocycles. The number of benzene rings is 1. The number of halogens is 1. The molecule has 0 amide bonds. The minimum absolute atomic E-state index is 0.124. The van der Waals surface area contributed by atoms with Gasteiger partial charge in [-0.25, -0.2) is 0 Å². The van der Waals surface area contributed by atoms with Crippen LogP contribution in [0.5, 0.6) is 0 Å². The lowest BCUT2D eigenvalue weighted by molar-refractivity contribution is 0.230. The van der Waals surface area contributed by atoms with Gasteiger partial charge in [-0.05, 0) is 36.5 Å². The molecule has 0 aliphatic carbocycles. The van der Waals surface area contributed by atoms with Crippen LogP contribution < -0.4 is 16.1 Å². The van der Waals surface area contributed by atoms with Crippen LogP contribution in [0.1, 0.15) is 11.5 Å². The van der Waals surface area contributed by atoms with Crippen molar-refractivity contribution in [2.75, 3.05) is 31.1 Å². The summed E-state index contributed by atoms with van der Waals surface area (Å²) in [5, 5.41) is 4.81. The van der Waals surface area contributed by atoms with Crippen molar-refractivity contribution in [2.45, 2.75) is 6.54 Å². The van der Waals surface area contributed by atoms with Gasteiger partial charge in [0.1, 0.15) is 11.5 Å². The average Bonchev–Trinajstić information content (AvgIpc) is 3.03. The minimum Gasteiger partial charge on any atom is -0.459 e. The largest absolute Gasteiger partial charge is 0.459 e. The highest BCUT2D eigenvalue weighted by atomic mass is 35.5. The van der Waals surface area contributed by atoms with Crippen LogP contribution in [0.3, 0.4) is 0 Å². The smallest absolute Gasteiger partial charge is 0.184 e. The second-order valence-electron chi connectivity index (χ2n) is 5.75. The van der Waals surface area contributed by atoms with Crippen LogP contribution in [-0.4, -0.2) is 42.4 Å². The molecule has 1 aliphatic heterocycles. The van der Waals surface area contributed by atoms with Crippen LogP contribution in [0, 0.1) is 0 Å². The first-order valence-corrected chi connectivity index (χ1v) is 8.79. The first-order chi connectivity index (χ1) is 12.1. The number of hydrogen-bond acceptors (Lipinski definition) is 5. The summed E-state index contributed by atoms with van der Waals surface area (Å²) >= 11 is 11.0. The fraction of sp³-hybridized carbons (Fsp3) is 0.294. The van der Waals surface area contributed by atoms with Crippen LogP contribution >= 0.6 is 23.8 Å². The molecule has 8 heteroatoms. The van der Waals surface area contributed by atoms with Gasteiger partial charge in [-0.1, -0.05) is 23.7 Å². The Morgan fingerprint density at radius 1 is 1.24 bits per heavy atom. The monoisotopic (exact) mass is 377 g/mol. The number of nitrogens with zero attached hydrogens (tertiary/aromatic N) is 3. The van der Waals surface area contributed by atoms with E-state index in [0.29, 0.717) is 5.76 Å². The molecule has 6 nitrogen and oxygen atoms in total. The Hall–Kier alpha value is -2.09. The van der Waals surface area contributed by atoms with Crippen molar-refractivity contribution in [1.82, 2.24) is 10.3 Å². The molecule has 1 fully saturated rings. The fourth-order valence-corrected chi connectivity index (χ4v) is 3.09. The maximum absolute atomic E-state index is 6.28. The second-order valence-corrected chi connectivity index (χ2v) is 6.60. The highest BCUT2D eigenvalue weighted by Gasteiger charge is 2.19. The van der Waals surface area contributed by atoms with Gasteiger partial charge in [-0.15, -0.1) is 0 Å². The number of para-hydroxylation sites is 1. The van der Waals surface area contributed by atoms with Gasteiger partial charge in [0.05, 0.1) is 23.5 Å². The SMILES string of the molecule is NC(=S)N/N=C/c1ccc(CN2CCN(c3ccccc3Cl)CC2)o1. The van der Waals surface area contributed by atoms with E-state index in [1.807, 2.05) is 30.3 Å². The average molecular weight is 378 g/mol. The highest BCUT2D eigenvalue weighted by molar-refractivity contribution is 7.80. The Bertz CT molecular complexity index is 755. The van der Waals surface area contributed by atoms with Gasteiger partial charge < -0.3 is 15.1 Å². The molecule has 0 atom stereocenters. The molecule has 0 radical (unpaired) electrons. The summed E-state index contributed by atoms with van der Waals surface area (Å²) in [6.45, 7) is 4.57. The van der Waals surface area contributed by atoms with Crippen LogP contribution in [-0.2, 0) is 6.54 Å². The van der Waals surface area contributed by atoms with E-state index in [1.54, 1.807) is 6.21 Å². The van der Waals surface area contributed by atoms with Crippen molar-refractivity contribution in [3.8, 4) is 0 Å². The Morgan fingerprint density at radius 2 is 2.00 bits per heavy atom. The predicted octanol–water partition coefficient (Wildman–Crippen LogP) is 2.42. The van der Waals surface area contributed by atoms with Gasteiger partial charge in [0.15, 0.2) is 5.11 Å². The molecule has 0 bridgehead atoms. The molecule has 3 rings (SSSR count). The van der Waals surface area contributed by atoms with Gasteiger partial charge in [0, 0.05) is 26.2 Å². The number of hydrazone groups is 1. The fourth-order valence-electron chi connectivity index (χ4n) is 2.78. The van der Waals surface area contributed by atoms with E-state index >= 15 is 0 Å². The van der Waals surface area contributed by atoms with E-state index < -0.39 is 0 Å². The maximum Gasteiger partial charge on any atom is 0.184 e. The molecule has 1 saturated heterocycles. The minimum atomic E-state index is 0.124.